The number of aromatic nitrogens is 3. The lowest BCUT2D eigenvalue weighted by atomic mass is 10.0. The fourth-order valence-electron chi connectivity index (χ4n) is 2.93. The van der Waals surface area contributed by atoms with Gasteiger partial charge in [-0.25, -0.2) is 9.50 Å². The third-order valence-corrected chi connectivity index (χ3v) is 4.67. The summed E-state index contributed by atoms with van der Waals surface area (Å²) in [5, 5.41) is 7.39. The van der Waals surface area contributed by atoms with Crippen molar-refractivity contribution in [2.45, 2.75) is 46.6 Å². The van der Waals surface area contributed by atoms with Crippen molar-refractivity contribution in [1.29, 1.82) is 0 Å². The molecule has 2 aromatic heterocycles. The van der Waals surface area contributed by atoms with Crippen molar-refractivity contribution in [2.24, 2.45) is 0 Å². The van der Waals surface area contributed by atoms with E-state index < -0.39 is 0 Å². The van der Waals surface area contributed by atoms with Crippen molar-refractivity contribution in [2.75, 3.05) is 0 Å². The van der Waals surface area contributed by atoms with Gasteiger partial charge in [0.1, 0.15) is 5.56 Å². The van der Waals surface area contributed by atoms with E-state index in [4.69, 9.17) is 0 Å². The minimum Gasteiger partial charge on any atom is -0.349 e. The summed E-state index contributed by atoms with van der Waals surface area (Å²) in [6.45, 7) is 8.06. The largest absolute Gasteiger partial charge is 0.349 e. The Balaban J connectivity index is 2.00. The lowest BCUT2D eigenvalue weighted by molar-refractivity contribution is 0.0940. The maximum Gasteiger partial charge on any atom is 0.256 e. The quantitative estimate of drug-likeness (QED) is 0.776. The number of nitrogens with one attached hydrogen (secondary N) is 1. The Hall–Kier alpha value is -2.69. The number of amides is 1. The molecule has 3 rings (SSSR count). The van der Waals surface area contributed by atoms with Gasteiger partial charge in [0, 0.05) is 23.9 Å². The van der Waals surface area contributed by atoms with E-state index in [-0.39, 0.29) is 11.9 Å². The molecule has 1 aromatic carbocycles. The number of hydrogen-bond acceptors (Lipinski definition) is 3. The fraction of sp³-hybridized carbons (Fsp3) is 0.350. The molecule has 25 heavy (non-hydrogen) atoms. The highest BCUT2D eigenvalue weighted by atomic mass is 16.1. The van der Waals surface area contributed by atoms with Crippen LogP contribution in [0.2, 0.25) is 0 Å². The monoisotopic (exact) mass is 336 g/mol. The maximum absolute atomic E-state index is 12.5. The molecule has 3 aromatic rings. The molecule has 5 heteroatoms. The summed E-state index contributed by atoms with van der Waals surface area (Å²) in [4.78, 5) is 17.2. The zero-order valence-electron chi connectivity index (χ0n) is 15.2. The molecule has 1 amide bonds. The van der Waals surface area contributed by atoms with Gasteiger partial charge in [0.05, 0.1) is 6.20 Å². The van der Waals surface area contributed by atoms with Gasteiger partial charge in [0.15, 0.2) is 5.65 Å². The molecule has 5 nitrogen and oxygen atoms in total. The van der Waals surface area contributed by atoms with Gasteiger partial charge in [-0.1, -0.05) is 37.3 Å². The highest BCUT2D eigenvalue weighted by Crippen LogP contribution is 2.20. The Kier molecular flexibility index (Phi) is 4.83. The number of hydrogen-bond donors (Lipinski definition) is 1. The molecule has 0 bridgehead atoms. The van der Waals surface area contributed by atoms with E-state index in [0.717, 1.165) is 29.8 Å². The Morgan fingerprint density at radius 1 is 1.24 bits per heavy atom. The van der Waals surface area contributed by atoms with Crippen molar-refractivity contribution in [3.8, 4) is 0 Å². The maximum atomic E-state index is 12.5. The van der Waals surface area contributed by atoms with Crippen molar-refractivity contribution < 1.29 is 4.79 Å². The lowest BCUT2D eigenvalue weighted by Gasteiger charge is -2.13. The van der Waals surface area contributed by atoms with Crippen molar-refractivity contribution >= 4 is 11.6 Å². The number of aryl methyl sites for hydroxylation is 2. The van der Waals surface area contributed by atoms with E-state index in [1.165, 1.54) is 5.56 Å². The summed E-state index contributed by atoms with van der Waals surface area (Å²) < 4.78 is 1.77. The Labute approximate surface area is 148 Å². The number of carbonyl (C=O) groups is 1. The molecule has 1 atom stereocenters. The van der Waals surface area contributed by atoms with Crippen LogP contribution in [-0.2, 0) is 6.42 Å². The average Bonchev–Trinajstić information content (AvgIpc) is 3.03. The molecule has 0 saturated carbocycles. The SMILES string of the molecule is CC[C@H](C)NC(=O)c1cnn2c(C)c(Cc3ccccc3)c(C)nc12. The molecule has 0 aliphatic carbocycles. The van der Waals surface area contributed by atoms with Crippen molar-refractivity contribution in [3.05, 3.63) is 64.6 Å². The van der Waals surface area contributed by atoms with Crippen LogP contribution in [0.4, 0.5) is 0 Å². The second-order valence-electron chi connectivity index (χ2n) is 6.50. The first-order valence-electron chi connectivity index (χ1n) is 8.69. The third-order valence-electron chi connectivity index (χ3n) is 4.67. The van der Waals surface area contributed by atoms with Crippen LogP contribution in [0, 0.1) is 13.8 Å². The zero-order valence-corrected chi connectivity index (χ0v) is 15.2. The second-order valence-corrected chi connectivity index (χ2v) is 6.50. The van der Waals surface area contributed by atoms with Crippen molar-refractivity contribution in [1.82, 2.24) is 19.9 Å². The predicted molar refractivity (Wildman–Crippen MR) is 98.9 cm³/mol. The Bertz CT molecular complexity index is 899. The number of rotatable bonds is 5. The predicted octanol–water partition coefficient (Wildman–Crippen LogP) is 3.47. The van der Waals surface area contributed by atoms with Gasteiger partial charge >= 0.3 is 0 Å². The highest BCUT2D eigenvalue weighted by Gasteiger charge is 2.19. The molecule has 0 saturated heterocycles. The van der Waals surface area contributed by atoms with E-state index in [1.54, 1.807) is 10.7 Å². The van der Waals surface area contributed by atoms with Gasteiger partial charge < -0.3 is 5.32 Å². The van der Waals surface area contributed by atoms with Gasteiger partial charge in [-0.3, -0.25) is 4.79 Å². The third kappa shape index (κ3) is 3.40. The summed E-state index contributed by atoms with van der Waals surface area (Å²) in [7, 11) is 0. The molecular formula is C20H24N4O. The van der Waals surface area contributed by atoms with Crippen LogP contribution in [-0.4, -0.2) is 26.5 Å². The van der Waals surface area contributed by atoms with Crippen LogP contribution in [0.5, 0.6) is 0 Å². The van der Waals surface area contributed by atoms with Crippen LogP contribution in [0.15, 0.2) is 36.5 Å². The molecule has 0 aliphatic heterocycles. The molecule has 0 aliphatic rings. The van der Waals surface area contributed by atoms with Crippen LogP contribution >= 0.6 is 0 Å². The Morgan fingerprint density at radius 2 is 1.96 bits per heavy atom. The Morgan fingerprint density at radius 3 is 2.64 bits per heavy atom. The van der Waals surface area contributed by atoms with E-state index >= 15 is 0 Å². The first-order chi connectivity index (χ1) is 12.0. The van der Waals surface area contributed by atoms with Gasteiger partial charge in [-0.05, 0) is 38.3 Å². The van der Waals surface area contributed by atoms with E-state index in [9.17, 15) is 4.79 Å². The summed E-state index contributed by atoms with van der Waals surface area (Å²) in [6, 6.07) is 10.4. The summed E-state index contributed by atoms with van der Waals surface area (Å²) >= 11 is 0. The first-order valence-corrected chi connectivity index (χ1v) is 8.69. The number of benzene rings is 1. The molecule has 2 heterocycles. The van der Waals surface area contributed by atoms with E-state index in [1.807, 2.05) is 45.9 Å². The molecule has 1 N–H and O–H groups in total. The topological polar surface area (TPSA) is 59.3 Å². The van der Waals surface area contributed by atoms with Crippen molar-refractivity contribution in [3.63, 3.8) is 0 Å². The molecule has 0 spiro atoms. The van der Waals surface area contributed by atoms with Crippen LogP contribution < -0.4 is 5.32 Å². The summed E-state index contributed by atoms with van der Waals surface area (Å²) in [5.41, 5.74) is 5.48. The second kappa shape index (κ2) is 7.05. The molecular weight excluding hydrogens is 312 g/mol. The van der Waals surface area contributed by atoms with Crippen LogP contribution in [0.1, 0.15) is 53.1 Å². The van der Waals surface area contributed by atoms with Gasteiger partial charge in [0.2, 0.25) is 0 Å². The van der Waals surface area contributed by atoms with Crippen LogP contribution in [0.25, 0.3) is 5.65 Å². The highest BCUT2D eigenvalue weighted by molar-refractivity contribution is 5.99. The molecule has 0 unspecified atom stereocenters. The van der Waals surface area contributed by atoms with Crippen LogP contribution in [0.3, 0.4) is 0 Å². The number of nitrogens with zero attached hydrogens (tertiary/aromatic N) is 3. The first kappa shape index (κ1) is 17.1. The number of fused-ring (bicyclic) bond motifs is 1. The van der Waals surface area contributed by atoms with E-state index in [0.29, 0.717) is 11.2 Å². The zero-order chi connectivity index (χ0) is 18.0. The molecule has 0 fully saturated rings. The fourth-order valence-corrected chi connectivity index (χ4v) is 2.93. The molecule has 0 radical (unpaired) electrons. The average molecular weight is 336 g/mol. The smallest absolute Gasteiger partial charge is 0.256 e. The summed E-state index contributed by atoms with van der Waals surface area (Å²) in [6.07, 6.45) is 3.30. The minimum absolute atomic E-state index is 0.119. The van der Waals surface area contributed by atoms with Gasteiger partial charge in [0.25, 0.3) is 5.91 Å². The normalized spacial score (nSPS) is 12.3. The standard InChI is InChI=1S/C20H24N4O/c1-5-13(2)22-20(25)18-12-21-24-15(4)17(14(3)23-19(18)24)11-16-9-7-6-8-10-16/h6-10,12-13H,5,11H2,1-4H3,(H,22,25)/t13-/m0/s1. The van der Waals surface area contributed by atoms with Gasteiger partial charge in [-0.15, -0.1) is 0 Å². The minimum atomic E-state index is -0.119. The lowest BCUT2D eigenvalue weighted by Crippen LogP contribution is -2.31. The summed E-state index contributed by atoms with van der Waals surface area (Å²) in [5.74, 6) is -0.119. The van der Waals surface area contributed by atoms with E-state index in [2.05, 4.69) is 27.5 Å². The van der Waals surface area contributed by atoms with Gasteiger partial charge in [-0.2, -0.15) is 5.10 Å². The number of carbonyl (C=O) groups excluding carboxylic acids is 1. The molecule has 130 valence electrons.